The van der Waals surface area contributed by atoms with Gasteiger partial charge in [0, 0.05) is 25.5 Å². The van der Waals surface area contributed by atoms with Crippen LogP contribution < -0.4 is 9.47 Å². The van der Waals surface area contributed by atoms with Gasteiger partial charge in [0.1, 0.15) is 22.2 Å². The number of methoxy groups -OCH3 is 2. The molecule has 10 rings (SSSR count). The highest BCUT2D eigenvalue weighted by Gasteiger charge is 2.44. The number of rotatable bonds is 10. The first-order chi connectivity index (χ1) is 33.9. The molecule has 8 aromatic rings. The molecule has 2 aliphatic rings. The van der Waals surface area contributed by atoms with E-state index in [0.29, 0.717) is 96.3 Å². The predicted molar refractivity (Wildman–Crippen MR) is 247 cm³/mol. The molecule has 0 spiro atoms. The van der Waals surface area contributed by atoms with Gasteiger partial charge in [0.2, 0.25) is 11.8 Å². The Morgan fingerprint density at radius 2 is 1.00 bits per heavy atom. The molecule has 0 amide bonds. The number of benzene rings is 2. The van der Waals surface area contributed by atoms with Gasteiger partial charge in [-0.3, -0.25) is 0 Å². The van der Waals surface area contributed by atoms with Crippen molar-refractivity contribution in [2.45, 2.75) is 63.5 Å². The zero-order valence-corrected chi connectivity index (χ0v) is 38.2. The molecule has 2 aliphatic heterocycles. The average Bonchev–Trinajstić information content (AvgIpc) is 4.21. The molecule has 0 saturated carbocycles. The van der Waals surface area contributed by atoms with Gasteiger partial charge in [0.15, 0.2) is 46.6 Å². The fourth-order valence-electron chi connectivity index (χ4n) is 8.63. The Morgan fingerprint density at radius 3 is 1.36 bits per heavy atom. The highest BCUT2D eigenvalue weighted by molar-refractivity contribution is 5.67. The third kappa shape index (κ3) is 8.78. The van der Waals surface area contributed by atoms with Gasteiger partial charge < -0.3 is 18.6 Å². The van der Waals surface area contributed by atoms with Gasteiger partial charge in [-0.1, -0.05) is 12.1 Å². The van der Waals surface area contributed by atoms with E-state index in [0.717, 1.165) is 47.0 Å². The van der Waals surface area contributed by atoms with Crippen LogP contribution in [-0.4, -0.2) is 72.8 Å². The quantitative estimate of drug-likeness (QED) is 0.119. The molecule has 20 heteroatoms. The Bertz CT molecular complexity index is 3190. The van der Waals surface area contributed by atoms with Crippen LogP contribution >= 0.6 is 0 Å². The molecule has 8 heterocycles. The Labute approximate surface area is 398 Å². The SMILES string of the molecule is COc1nc(/C=C/c2nc3n(n2)CCC[C@@]3(C#N)c2ccc(F)c(F)c2)ccc1-n1cnc(C)c1.COc1nc(/C=C/c2nc3n(n2)CCC[C@]3(C#N)c2ccc(F)c(F)c2)ccc1-n1cnc(C)c1. The number of imidazole rings is 2. The third-order valence-electron chi connectivity index (χ3n) is 12.1. The van der Waals surface area contributed by atoms with Gasteiger partial charge in [-0.25, -0.2) is 56.8 Å². The Balaban J connectivity index is 0.000000174. The minimum atomic E-state index is -1.21. The topological polar surface area (TPSA) is 189 Å². The molecular formula is C50H42F4N14O2. The summed E-state index contributed by atoms with van der Waals surface area (Å²) in [6.45, 7) is 4.96. The van der Waals surface area contributed by atoms with Crippen LogP contribution in [0.1, 0.15) is 82.9 Å². The van der Waals surface area contributed by atoms with Crippen LogP contribution in [0.4, 0.5) is 17.6 Å². The summed E-state index contributed by atoms with van der Waals surface area (Å²) in [4.78, 5) is 26.7. The lowest BCUT2D eigenvalue weighted by molar-refractivity contribution is 0.390. The number of aryl methyl sites for hydroxylation is 4. The number of nitrogens with zero attached hydrogens (tertiary/aromatic N) is 14. The van der Waals surface area contributed by atoms with Crippen molar-refractivity contribution >= 4 is 24.3 Å². The maximum Gasteiger partial charge on any atom is 0.238 e. The Kier molecular flexibility index (Phi) is 12.6. The minimum absolute atomic E-state index is 0.361. The number of hydrogen-bond acceptors (Lipinski definition) is 12. The number of pyridine rings is 2. The predicted octanol–water partition coefficient (Wildman–Crippen LogP) is 8.46. The van der Waals surface area contributed by atoms with Crippen LogP contribution in [0.15, 0.2) is 85.7 Å². The van der Waals surface area contributed by atoms with Crippen molar-refractivity contribution in [2.75, 3.05) is 14.2 Å². The molecule has 0 N–H and O–H groups in total. The number of fused-ring (bicyclic) bond motifs is 2. The first-order valence-electron chi connectivity index (χ1n) is 22.0. The monoisotopic (exact) mass is 946 g/mol. The van der Waals surface area contributed by atoms with E-state index < -0.39 is 34.1 Å². The summed E-state index contributed by atoms with van der Waals surface area (Å²) in [6, 6.07) is 19.1. The van der Waals surface area contributed by atoms with Gasteiger partial charge in [0.05, 0.1) is 61.8 Å². The van der Waals surface area contributed by atoms with E-state index in [2.05, 4.69) is 52.2 Å². The fraction of sp³-hybridized carbons (Fsp3) is 0.240. The molecule has 0 fully saturated rings. The summed E-state index contributed by atoms with van der Waals surface area (Å²) in [6.07, 6.45) is 16.2. The van der Waals surface area contributed by atoms with Crippen molar-refractivity contribution in [3.63, 3.8) is 0 Å². The summed E-state index contributed by atoms with van der Waals surface area (Å²) >= 11 is 0. The van der Waals surface area contributed by atoms with E-state index in [1.165, 1.54) is 12.1 Å². The average molecular weight is 947 g/mol. The van der Waals surface area contributed by atoms with E-state index in [1.54, 1.807) is 60.5 Å². The molecule has 16 nitrogen and oxygen atoms in total. The summed E-state index contributed by atoms with van der Waals surface area (Å²) in [5.41, 5.74) is 2.82. The minimum Gasteiger partial charge on any atom is -0.479 e. The van der Waals surface area contributed by atoms with E-state index in [4.69, 9.17) is 9.47 Å². The second kappa shape index (κ2) is 19.1. The van der Waals surface area contributed by atoms with Crippen molar-refractivity contribution in [2.24, 2.45) is 0 Å². The number of ether oxygens (including phenoxy) is 2. The van der Waals surface area contributed by atoms with Gasteiger partial charge in [0.25, 0.3) is 0 Å². The van der Waals surface area contributed by atoms with Crippen LogP contribution in [0.25, 0.3) is 35.7 Å². The van der Waals surface area contributed by atoms with Crippen LogP contribution in [0.3, 0.4) is 0 Å². The number of hydrogen-bond donors (Lipinski definition) is 0. The zero-order chi connectivity index (χ0) is 49.2. The molecule has 2 atom stereocenters. The summed E-state index contributed by atoms with van der Waals surface area (Å²) in [5.74, 6) is -1.45. The van der Waals surface area contributed by atoms with Crippen molar-refractivity contribution in [1.82, 2.24) is 58.6 Å². The highest BCUT2D eigenvalue weighted by atomic mass is 19.2. The maximum atomic E-state index is 14.0. The van der Waals surface area contributed by atoms with Crippen LogP contribution in [0, 0.1) is 59.8 Å². The molecule has 0 aliphatic carbocycles. The Hall–Kier alpha value is -8.78. The van der Waals surface area contributed by atoms with E-state index in [9.17, 15) is 28.1 Å². The first kappa shape index (κ1) is 46.3. The summed E-state index contributed by atoms with van der Waals surface area (Å²) < 4.78 is 72.9. The standard InChI is InChI=1S/2C25H21F2N7O/c2*1-16-13-33(15-29-16)21-8-5-18(30-23(21)35-2)6-9-22-31-24-25(14-28,10-3-11-34(24)32-22)17-4-7-19(26)20(27)12-17/h2*4-9,12-13,15H,3,10-11H2,1-2H3/b2*9-6+/t2*25-/m10/s1. The maximum absolute atomic E-state index is 14.0. The van der Waals surface area contributed by atoms with E-state index >= 15 is 0 Å². The van der Waals surface area contributed by atoms with Crippen molar-refractivity contribution in [3.05, 3.63) is 166 Å². The van der Waals surface area contributed by atoms with Crippen molar-refractivity contribution in [1.29, 1.82) is 10.5 Å². The van der Waals surface area contributed by atoms with Crippen LogP contribution in [-0.2, 0) is 23.9 Å². The van der Waals surface area contributed by atoms with Gasteiger partial charge >= 0.3 is 0 Å². The summed E-state index contributed by atoms with van der Waals surface area (Å²) in [5, 5.41) is 29.2. The van der Waals surface area contributed by atoms with E-state index in [1.807, 2.05) is 59.6 Å². The number of nitriles is 2. The smallest absolute Gasteiger partial charge is 0.238 e. The first-order valence-corrected chi connectivity index (χ1v) is 22.0. The number of halogens is 4. The molecule has 0 saturated heterocycles. The highest BCUT2D eigenvalue weighted by Crippen LogP contribution is 2.41. The molecule has 70 heavy (non-hydrogen) atoms. The third-order valence-corrected chi connectivity index (χ3v) is 12.1. The second-order valence-electron chi connectivity index (χ2n) is 16.6. The lowest BCUT2D eigenvalue weighted by Crippen LogP contribution is -2.34. The summed E-state index contributed by atoms with van der Waals surface area (Å²) in [7, 11) is 3.10. The van der Waals surface area contributed by atoms with Gasteiger partial charge in [-0.15, -0.1) is 0 Å². The van der Waals surface area contributed by atoms with Gasteiger partial charge in [-0.05, 0) is 123 Å². The van der Waals surface area contributed by atoms with Crippen LogP contribution in [0.2, 0.25) is 0 Å². The Morgan fingerprint density at radius 1 is 0.571 bits per heavy atom. The normalized spacial score (nSPS) is 17.3. The second-order valence-corrected chi connectivity index (χ2v) is 16.6. The molecule has 2 aromatic carbocycles. The molecule has 6 aromatic heterocycles. The van der Waals surface area contributed by atoms with Gasteiger partial charge in [-0.2, -0.15) is 20.7 Å². The van der Waals surface area contributed by atoms with Crippen LogP contribution in [0.5, 0.6) is 11.8 Å². The van der Waals surface area contributed by atoms with E-state index in [-0.39, 0.29) is 0 Å². The largest absolute Gasteiger partial charge is 0.479 e. The van der Waals surface area contributed by atoms with Crippen molar-refractivity contribution in [3.8, 4) is 35.3 Å². The fourth-order valence-corrected chi connectivity index (χ4v) is 8.63. The number of aromatic nitrogens is 12. The lowest BCUT2D eigenvalue weighted by atomic mass is 9.75. The molecule has 0 radical (unpaired) electrons. The molecule has 352 valence electrons. The molecular weight excluding hydrogens is 905 g/mol. The lowest BCUT2D eigenvalue weighted by Gasteiger charge is -2.30. The molecule has 0 bridgehead atoms. The van der Waals surface area contributed by atoms with Crippen molar-refractivity contribution < 1.29 is 27.0 Å². The zero-order valence-electron chi connectivity index (χ0n) is 38.2. The molecule has 0 unspecified atom stereocenters.